The van der Waals surface area contributed by atoms with E-state index >= 15 is 0 Å². The third kappa shape index (κ3) is 5.28. The Morgan fingerprint density at radius 3 is 2.53 bits per heavy atom. The smallest absolute Gasteiger partial charge is 0.312 e. The summed E-state index contributed by atoms with van der Waals surface area (Å²) in [6.07, 6.45) is 8.77. The first-order chi connectivity index (χ1) is 15.2. The van der Waals surface area contributed by atoms with E-state index in [0.717, 1.165) is 31.3 Å². The average molecular weight is 449 g/mol. The van der Waals surface area contributed by atoms with E-state index in [0.29, 0.717) is 19.3 Å². The molecule has 0 radical (unpaired) electrons. The maximum atomic E-state index is 13.2. The first-order valence-corrected chi connectivity index (χ1v) is 12.4. The van der Waals surface area contributed by atoms with E-state index in [-0.39, 0.29) is 48.3 Å². The number of hydrogen-bond acceptors (Lipinski definition) is 6. The molecule has 0 aromatic heterocycles. The molecule has 180 valence electrons. The molecular weight excluding hydrogens is 408 g/mol. The van der Waals surface area contributed by atoms with Crippen LogP contribution in [0.15, 0.2) is 23.8 Å². The van der Waals surface area contributed by atoms with Gasteiger partial charge in [0.15, 0.2) is 0 Å². The van der Waals surface area contributed by atoms with Crippen molar-refractivity contribution in [2.45, 2.75) is 103 Å². The molecule has 0 amide bonds. The Balaban J connectivity index is 1.79. The van der Waals surface area contributed by atoms with Crippen LogP contribution in [0.1, 0.15) is 79.1 Å². The second-order valence-electron chi connectivity index (χ2n) is 10.0. The molecule has 0 saturated carbocycles. The van der Waals surface area contributed by atoms with Gasteiger partial charge in [0.1, 0.15) is 12.2 Å². The molecule has 6 heteroatoms. The van der Waals surface area contributed by atoms with Gasteiger partial charge in [-0.3, -0.25) is 9.59 Å². The molecule has 3 rings (SSSR count). The van der Waals surface area contributed by atoms with Crippen molar-refractivity contribution in [2.75, 3.05) is 0 Å². The predicted molar refractivity (Wildman–Crippen MR) is 122 cm³/mol. The largest absolute Gasteiger partial charge is 0.462 e. The van der Waals surface area contributed by atoms with E-state index < -0.39 is 17.6 Å². The zero-order valence-electron chi connectivity index (χ0n) is 20.0. The molecule has 2 aliphatic carbocycles. The fraction of sp³-hybridized carbons (Fsp3) is 0.769. The van der Waals surface area contributed by atoms with Crippen LogP contribution in [0.2, 0.25) is 0 Å². The molecule has 0 unspecified atom stereocenters. The topological polar surface area (TPSA) is 93.1 Å². The Kier molecular flexibility index (Phi) is 8.21. The summed E-state index contributed by atoms with van der Waals surface area (Å²) < 4.78 is 11.7. The first kappa shape index (κ1) is 25.0. The number of aliphatic hydroxyl groups is 2. The lowest BCUT2D eigenvalue weighted by molar-refractivity contribution is -0.169. The summed E-state index contributed by atoms with van der Waals surface area (Å²) in [7, 11) is 0. The summed E-state index contributed by atoms with van der Waals surface area (Å²) >= 11 is 0. The summed E-state index contributed by atoms with van der Waals surface area (Å²) in [6.45, 7) is 8.24. The van der Waals surface area contributed by atoms with Gasteiger partial charge in [-0.05, 0) is 49.5 Å². The van der Waals surface area contributed by atoms with Crippen molar-refractivity contribution in [3.63, 3.8) is 0 Å². The Hall–Kier alpha value is -1.66. The summed E-state index contributed by atoms with van der Waals surface area (Å²) in [5.74, 6) is -0.0916. The molecule has 1 aliphatic heterocycles. The number of allylic oxidation sites excluding steroid dienone is 2. The van der Waals surface area contributed by atoms with Gasteiger partial charge in [-0.2, -0.15) is 0 Å². The van der Waals surface area contributed by atoms with Gasteiger partial charge < -0.3 is 19.7 Å². The Bertz CT molecular complexity index is 728. The molecule has 1 heterocycles. The number of rotatable bonds is 8. The van der Waals surface area contributed by atoms with E-state index in [9.17, 15) is 19.8 Å². The number of hydrogen-bond donors (Lipinski definition) is 2. The quantitative estimate of drug-likeness (QED) is 0.543. The lowest BCUT2D eigenvalue weighted by Gasteiger charge is -2.44. The standard InChI is InChI=1S/C26H40O6/c1-5-26(6-2,7-3)25(30)32-22-14-18(27)12-17-9-8-10-21(24(17)22)16(4)11-20-13-19(28)15-23(29)31-20/h8-9,12,16,18-22,24,27-28H,5-7,10-11,13-15H2,1-4H3/t16-,18+,19+,20+,21-,22-,24-/m0/s1. The van der Waals surface area contributed by atoms with E-state index in [1.165, 1.54) is 0 Å². The number of carbonyl (C=O) groups excluding carboxylic acids is 2. The van der Waals surface area contributed by atoms with Crippen LogP contribution in [-0.2, 0) is 19.1 Å². The van der Waals surface area contributed by atoms with Gasteiger partial charge >= 0.3 is 11.9 Å². The van der Waals surface area contributed by atoms with Crippen LogP contribution in [0, 0.1) is 23.2 Å². The molecule has 0 aromatic rings. The highest BCUT2D eigenvalue weighted by Gasteiger charge is 2.45. The number of ether oxygens (including phenoxy) is 2. The van der Waals surface area contributed by atoms with Crippen LogP contribution in [0.25, 0.3) is 0 Å². The number of esters is 2. The molecule has 1 saturated heterocycles. The number of fused-ring (bicyclic) bond motifs is 1. The first-order valence-electron chi connectivity index (χ1n) is 12.4. The minimum atomic E-state index is -0.640. The monoisotopic (exact) mass is 448 g/mol. The van der Waals surface area contributed by atoms with E-state index in [2.05, 4.69) is 13.0 Å². The third-order valence-corrected chi connectivity index (χ3v) is 8.15. The molecule has 1 fully saturated rings. The highest BCUT2D eigenvalue weighted by Crippen LogP contribution is 2.45. The Morgan fingerprint density at radius 1 is 1.22 bits per heavy atom. The molecule has 0 bridgehead atoms. The molecule has 0 aromatic carbocycles. The molecule has 2 N–H and O–H groups in total. The second kappa shape index (κ2) is 10.5. The summed E-state index contributed by atoms with van der Waals surface area (Å²) in [4.78, 5) is 25.0. The maximum Gasteiger partial charge on any atom is 0.312 e. The van der Waals surface area contributed by atoms with Gasteiger partial charge in [0.2, 0.25) is 0 Å². The van der Waals surface area contributed by atoms with Crippen molar-refractivity contribution in [3.8, 4) is 0 Å². The van der Waals surface area contributed by atoms with Crippen LogP contribution < -0.4 is 0 Å². The normalized spacial score (nSPS) is 33.7. The molecule has 6 nitrogen and oxygen atoms in total. The number of cyclic esters (lactones) is 1. The van der Waals surface area contributed by atoms with Crippen molar-refractivity contribution in [2.24, 2.45) is 23.2 Å². The van der Waals surface area contributed by atoms with Crippen LogP contribution in [0.4, 0.5) is 0 Å². The van der Waals surface area contributed by atoms with E-state index in [1.54, 1.807) is 0 Å². The molecule has 3 aliphatic rings. The van der Waals surface area contributed by atoms with Gasteiger partial charge in [-0.15, -0.1) is 0 Å². The average Bonchev–Trinajstić information content (AvgIpc) is 2.74. The SMILES string of the molecule is CCC(CC)(CC)C(=O)O[C@H]1C[C@H](O)C=C2C=CC[C@@H]([C@@H](C)C[C@@H]3C[C@@H](O)CC(=O)O3)[C@H]21. The zero-order chi connectivity index (χ0) is 23.5. The third-order valence-electron chi connectivity index (χ3n) is 8.15. The van der Waals surface area contributed by atoms with Crippen molar-refractivity contribution >= 4 is 11.9 Å². The Labute approximate surface area is 192 Å². The minimum absolute atomic E-state index is 0.00911. The second-order valence-corrected chi connectivity index (χ2v) is 10.0. The van der Waals surface area contributed by atoms with Crippen LogP contribution in [0.3, 0.4) is 0 Å². The lowest BCUT2D eigenvalue weighted by atomic mass is 9.66. The zero-order valence-corrected chi connectivity index (χ0v) is 20.0. The molecule has 7 atom stereocenters. The fourth-order valence-electron chi connectivity index (χ4n) is 5.95. The highest BCUT2D eigenvalue weighted by atomic mass is 16.6. The van der Waals surface area contributed by atoms with Crippen LogP contribution in [-0.4, -0.2) is 46.6 Å². The summed E-state index contributed by atoms with van der Waals surface area (Å²) in [5, 5.41) is 20.4. The number of aliphatic hydroxyl groups excluding tert-OH is 2. The summed E-state index contributed by atoms with van der Waals surface area (Å²) in [6, 6.07) is 0. The fourth-order valence-corrected chi connectivity index (χ4v) is 5.95. The van der Waals surface area contributed by atoms with E-state index in [1.807, 2.05) is 32.9 Å². The molecule has 0 spiro atoms. The Morgan fingerprint density at radius 2 is 1.91 bits per heavy atom. The molecule has 32 heavy (non-hydrogen) atoms. The van der Waals surface area contributed by atoms with Gasteiger partial charge in [-0.25, -0.2) is 0 Å². The van der Waals surface area contributed by atoms with E-state index in [4.69, 9.17) is 9.47 Å². The molecular formula is C26H40O6. The summed E-state index contributed by atoms with van der Waals surface area (Å²) in [5.41, 5.74) is 0.546. The number of carbonyl (C=O) groups is 2. The maximum absolute atomic E-state index is 13.2. The van der Waals surface area contributed by atoms with Gasteiger partial charge in [0, 0.05) is 18.8 Å². The van der Waals surface area contributed by atoms with Crippen molar-refractivity contribution in [1.29, 1.82) is 0 Å². The van der Waals surface area contributed by atoms with Crippen molar-refractivity contribution < 1.29 is 29.3 Å². The van der Waals surface area contributed by atoms with Gasteiger partial charge in [0.25, 0.3) is 0 Å². The highest BCUT2D eigenvalue weighted by molar-refractivity contribution is 5.77. The van der Waals surface area contributed by atoms with Gasteiger partial charge in [-0.1, -0.05) is 45.9 Å². The predicted octanol–water partition coefficient (Wildman–Crippen LogP) is 4.09. The lowest BCUT2D eigenvalue weighted by Crippen LogP contribution is -2.45. The van der Waals surface area contributed by atoms with Crippen molar-refractivity contribution in [3.05, 3.63) is 23.8 Å². The van der Waals surface area contributed by atoms with Gasteiger partial charge in [0.05, 0.1) is 24.0 Å². The minimum Gasteiger partial charge on any atom is -0.462 e. The van der Waals surface area contributed by atoms with Crippen molar-refractivity contribution in [1.82, 2.24) is 0 Å². The van der Waals surface area contributed by atoms with Crippen LogP contribution >= 0.6 is 0 Å². The van der Waals surface area contributed by atoms with Crippen LogP contribution in [0.5, 0.6) is 0 Å².